The third-order valence-corrected chi connectivity index (χ3v) is 2.14. The van der Waals surface area contributed by atoms with Crippen LogP contribution in [0.5, 0.6) is 0 Å². The maximum Gasteiger partial charge on any atom is 0.156 e. The van der Waals surface area contributed by atoms with E-state index in [1.54, 1.807) is 6.20 Å². The van der Waals surface area contributed by atoms with Crippen LogP contribution in [0.2, 0.25) is 0 Å². The number of rotatable bonds is 2. The highest BCUT2D eigenvalue weighted by atomic mass is 16.5. The van der Waals surface area contributed by atoms with Crippen molar-refractivity contribution in [2.45, 2.75) is 18.4 Å². The highest BCUT2D eigenvalue weighted by Gasteiger charge is 2.45. The molecule has 0 bridgehead atoms. The molecular formula is C7H10N2O. The summed E-state index contributed by atoms with van der Waals surface area (Å²) >= 11 is 0. The molecule has 0 amide bonds. The summed E-state index contributed by atoms with van der Waals surface area (Å²) in [6.45, 7) is 0. The molecular weight excluding hydrogens is 128 g/mol. The predicted molar refractivity (Wildman–Crippen MR) is 36.5 cm³/mol. The van der Waals surface area contributed by atoms with Crippen molar-refractivity contribution < 1.29 is 4.52 Å². The van der Waals surface area contributed by atoms with Gasteiger partial charge in [0.1, 0.15) is 0 Å². The molecule has 3 nitrogen and oxygen atoms in total. The Kier molecular flexibility index (Phi) is 1.08. The third-order valence-electron chi connectivity index (χ3n) is 2.14. The molecule has 1 aromatic heterocycles. The largest absolute Gasteiger partial charge is 0.359 e. The molecule has 0 unspecified atom stereocenters. The zero-order chi connectivity index (χ0) is 7.03. The molecule has 10 heavy (non-hydrogen) atoms. The molecule has 0 saturated heterocycles. The van der Waals surface area contributed by atoms with Crippen LogP contribution >= 0.6 is 0 Å². The van der Waals surface area contributed by atoms with Crippen molar-refractivity contribution in [1.82, 2.24) is 10.5 Å². The molecule has 1 fully saturated rings. The highest BCUT2D eigenvalue weighted by molar-refractivity contribution is 5.18. The van der Waals surface area contributed by atoms with Crippen LogP contribution in [0.4, 0.5) is 0 Å². The molecule has 1 heterocycles. The lowest BCUT2D eigenvalue weighted by molar-refractivity contribution is 0.336. The van der Waals surface area contributed by atoms with Gasteiger partial charge in [0.2, 0.25) is 0 Å². The lowest BCUT2D eigenvalue weighted by Gasteiger charge is -2.07. The Bertz CT molecular complexity index is 214. The molecule has 2 rings (SSSR count). The van der Waals surface area contributed by atoms with Crippen LogP contribution in [0.3, 0.4) is 0 Å². The van der Waals surface area contributed by atoms with Crippen LogP contribution in [0.1, 0.15) is 18.6 Å². The maximum atomic E-state index is 5.04. The minimum atomic E-state index is 0.135. The molecule has 1 aliphatic rings. The van der Waals surface area contributed by atoms with E-state index in [0.717, 1.165) is 5.76 Å². The summed E-state index contributed by atoms with van der Waals surface area (Å²) in [6, 6.07) is 1.92. The summed E-state index contributed by atoms with van der Waals surface area (Å²) in [5.74, 6) is 0.968. The van der Waals surface area contributed by atoms with Crippen LogP contribution in [-0.2, 0) is 5.54 Å². The highest BCUT2D eigenvalue weighted by Crippen LogP contribution is 2.44. The molecule has 1 aliphatic carbocycles. The van der Waals surface area contributed by atoms with Crippen LogP contribution in [0.15, 0.2) is 16.8 Å². The maximum absolute atomic E-state index is 5.04. The first-order chi connectivity index (χ1) is 4.87. The summed E-state index contributed by atoms with van der Waals surface area (Å²) in [6.07, 6.45) is 4.02. The average Bonchev–Trinajstić information content (AvgIpc) is 2.58. The van der Waals surface area contributed by atoms with Crippen LogP contribution in [0.25, 0.3) is 0 Å². The van der Waals surface area contributed by atoms with Gasteiger partial charge in [-0.05, 0) is 19.9 Å². The Hall–Kier alpha value is -0.830. The van der Waals surface area contributed by atoms with Crippen molar-refractivity contribution in [3.05, 3.63) is 18.0 Å². The van der Waals surface area contributed by atoms with Crippen molar-refractivity contribution in [2.24, 2.45) is 0 Å². The van der Waals surface area contributed by atoms with Crippen molar-refractivity contribution in [2.75, 3.05) is 7.05 Å². The van der Waals surface area contributed by atoms with Gasteiger partial charge in [-0.3, -0.25) is 0 Å². The first kappa shape index (κ1) is 5.92. The monoisotopic (exact) mass is 138 g/mol. The lowest BCUT2D eigenvalue weighted by atomic mass is 10.2. The fourth-order valence-corrected chi connectivity index (χ4v) is 1.21. The van der Waals surface area contributed by atoms with Gasteiger partial charge in [-0.2, -0.15) is 0 Å². The zero-order valence-corrected chi connectivity index (χ0v) is 5.92. The summed E-state index contributed by atoms with van der Waals surface area (Å²) in [4.78, 5) is 0. The van der Waals surface area contributed by atoms with Gasteiger partial charge in [0.25, 0.3) is 0 Å². The third kappa shape index (κ3) is 0.671. The SMILES string of the molecule is CNC1(c2ccno2)CC1. The van der Waals surface area contributed by atoms with Gasteiger partial charge < -0.3 is 9.84 Å². The minimum Gasteiger partial charge on any atom is -0.359 e. The van der Waals surface area contributed by atoms with Gasteiger partial charge in [0, 0.05) is 6.07 Å². The Morgan fingerprint density at radius 2 is 2.50 bits per heavy atom. The zero-order valence-electron chi connectivity index (χ0n) is 5.92. The second-order valence-electron chi connectivity index (χ2n) is 2.71. The fraction of sp³-hybridized carbons (Fsp3) is 0.571. The lowest BCUT2D eigenvalue weighted by Crippen LogP contribution is -2.23. The van der Waals surface area contributed by atoms with Crippen molar-refractivity contribution >= 4 is 0 Å². The van der Waals surface area contributed by atoms with E-state index in [4.69, 9.17) is 4.52 Å². The second-order valence-corrected chi connectivity index (χ2v) is 2.71. The Morgan fingerprint density at radius 1 is 1.70 bits per heavy atom. The standard InChI is InChI=1S/C7H10N2O/c1-8-7(3-4-7)6-2-5-9-10-6/h2,5,8H,3-4H2,1H3. The van der Waals surface area contributed by atoms with E-state index in [-0.39, 0.29) is 5.54 Å². The van der Waals surface area contributed by atoms with Crippen LogP contribution in [0, 0.1) is 0 Å². The molecule has 1 saturated carbocycles. The molecule has 0 atom stereocenters. The van der Waals surface area contributed by atoms with E-state index >= 15 is 0 Å². The number of aromatic nitrogens is 1. The van der Waals surface area contributed by atoms with E-state index in [2.05, 4.69) is 10.5 Å². The Morgan fingerprint density at radius 3 is 2.90 bits per heavy atom. The van der Waals surface area contributed by atoms with Gasteiger partial charge in [0.15, 0.2) is 5.76 Å². The normalized spacial score (nSPS) is 20.9. The molecule has 54 valence electrons. The van der Waals surface area contributed by atoms with E-state index in [1.165, 1.54) is 12.8 Å². The van der Waals surface area contributed by atoms with Gasteiger partial charge in [-0.1, -0.05) is 5.16 Å². The van der Waals surface area contributed by atoms with Crippen LogP contribution < -0.4 is 5.32 Å². The number of hydrogen-bond acceptors (Lipinski definition) is 3. The van der Waals surface area contributed by atoms with Gasteiger partial charge in [-0.25, -0.2) is 0 Å². The molecule has 3 heteroatoms. The molecule has 0 aliphatic heterocycles. The smallest absolute Gasteiger partial charge is 0.156 e. The molecule has 0 aromatic carbocycles. The fourth-order valence-electron chi connectivity index (χ4n) is 1.21. The Balaban J connectivity index is 2.27. The number of nitrogens with one attached hydrogen (secondary N) is 1. The number of nitrogens with zero attached hydrogens (tertiary/aromatic N) is 1. The second kappa shape index (κ2) is 1.83. The summed E-state index contributed by atoms with van der Waals surface area (Å²) in [5, 5.41) is 6.88. The quantitative estimate of drug-likeness (QED) is 0.659. The van der Waals surface area contributed by atoms with Crippen molar-refractivity contribution in [1.29, 1.82) is 0 Å². The van der Waals surface area contributed by atoms with E-state index < -0.39 is 0 Å². The summed E-state index contributed by atoms with van der Waals surface area (Å²) in [5.41, 5.74) is 0.135. The van der Waals surface area contributed by atoms with Crippen molar-refractivity contribution in [3.63, 3.8) is 0 Å². The Labute approximate surface area is 59.4 Å². The number of hydrogen-bond donors (Lipinski definition) is 1. The van der Waals surface area contributed by atoms with Gasteiger partial charge in [-0.15, -0.1) is 0 Å². The first-order valence-electron chi connectivity index (χ1n) is 3.47. The average molecular weight is 138 g/mol. The predicted octanol–water partition coefficient (Wildman–Crippen LogP) is 0.883. The van der Waals surface area contributed by atoms with E-state index in [9.17, 15) is 0 Å². The van der Waals surface area contributed by atoms with Crippen LogP contribution in [-0.4, -0.2) is 12.2 Å². The molecule has 0 spiro atoms. The molecule has 1 aromatic rings. The topological polar surface area (TPSA) is 38.1 Å². The van der Waals surface area contributed by atoms with E-state index in [0.29, 0.717) is 0 Å². The minimum absolute atomic E-state index is 0.135. The first-order valence-corrected chi connectivity index (χ1v) is 3.47. The summed E-state index contributed by atoms with van der Waals surface area (Å²) in [7, 11) is 1.95. The van der Waals surface area contributed by atoms with E-state index in [1.807, 2.05) is 13.1 Å². The van der Waals surface area contributed by atoms with Gasteiger partial charge >= 0.3 is 0 Å². The molecule has 1 N–H and O–H groups in total. The van der Waals surface area contributed by atoms with Crippen molar-refractivity contribution in [3.8, 4) is 0 Å². The molecule has 0 radical (unpaired) electrons. The van der Waals surface area contributed by atoms with Gasteiger partial charge in [0.05, 0.1) is 11.7 Å². The summed E-state index contributed by atoms with van der Waals surface area (Å²) < 4.78 is 5.04.